The van der Waals surface area contributed by atoms with Gasteiger partial charge in [0.2, 0.25) is 0 Å². The lowest BCUT2D eigenvalue weighted by atomic mass is 10.4. The van der Waals surface area contributed by atoms with Gasteiger partial charge >= 0.3 is 0 Å². The van der Waals surface area contributed by atoms with E-state index in [1.165, 1.54) is 0 Å². The molecule has 2 N–H and O–H groups in total. The first-order valence-corrected chi connectivity index (χ1v) is 8.32. The maximum absolute atomic E-state index is 11.3. The van der Waals surface area contributed by atoms with Gasteiger partial charge in [-0.2, -0.15) is 0 Å². The van der Waals surface area contributed by atoms with Gasteiger partial charge in [0.05, 0.1) is 13.2 Å². The number of rotatable bonds is 3. The minimum Gasteiger partial charge on any atom is -0.335 e. The number of hydrogen-bond acceptors (Lipinski definition) is 4. The van der Waals surface area contributed by atoms with E-state index in [4.69, 9.17) is 21.5 Å². The second-order valence-electron chi connectivity index (χ2n) is 3.97. The van der Waals surface area contributed by atoms with Gasteiger partial charge in [-0.05, 0) is 18.2 Å². The fraction of sp³-hybridized carbons (Fsp3) is 0.364. The van der Waals surface area contributed by atoms with Crippen LogP contribution in [0.2, 0.25) is 0 Å². The molecule has 18 heavy (non-hydrogen) atoms. The average Bonchev–Trinajstić information content (AvgIpc) is 2.42. The standard InChI is InChI=1S/C11H15N2O3PS/c14-11(12-15)9-13-7-4-8-16-17(13,18)10-5-2-1-3-6-10/h1-3,5-6,15H,4,7-9H2,(H,12,14). The molecule has 1 amide bonds. The van der Waals surface area contributed by atoms with Crippen LogP contribution in [-0.2, 0) is 21.1 Å². The zero-order chi connectivity index (χ0) is 13.0. The van der Waals surface area contributed by atoms with Crippen molar-refractivity contribution in [3.63, 3.8) is 0 Å². The summed E-state index contributed by atoms with van der Waals surface area (Å²) in [6.07, 6.45) is -1.51. The van der Waals surface area contributed by atoms with Gasteiger partial charge < -0.3 is 4.52 Å². The van der Waals surface area contributed by atoms with Gasteiger partial charge in [-0.25, -0.2) is 10.2 Å². The molecule has 1 aromatic carbocycles. The van der Waals surface area contributed by atoms with Crippen LogP contribution in [0.3, 0.4) is 0 Å². The Morgan fingerprint density at radius 2 is 2.22 bits per heavy atom. The maximum atomic E-state index is 11.3. The molecule has 0 spiro atoms. The highest BCUT2D eigenvalue weighted by molar-refractivity contribution is 8.14. The van der Waals surface area contributed by atoms with Crippen molar-refractivity contribution in [2.75, 3.05) is 19.7 Å². The van der Waals surface area contributed by atoms with E-state index < -0.39 is 12.3 Å². The van der Waals surface area contributed by atoms with Crippen molar-refractivity contribution < 1.29 is 14.5 Å². The SMILES string of the molecule is O=C(CN1CCCOP1(=S)c1ccccc1)NO. The summed E-state index contributed by atoms with van der Waals surface area (Å²) in [6, 6.07) is 9.59. The Kier molecular flexibility index (Phi) is 4.48. The first-order chi connectivity index (χ1) is 8.66. The molecule has 0 aromatic heterocycles. The Morgan fingerprint density at radius 3 is 2.89 bits per heavy atom. The summed E-state index contributed by atoms with van der Waals surface area (Å²) in [5.74, 6) is -0.467. The van der Waals surface area contributed by atoms with Crippen LogP contribution in [0.4, 0.5) is 0 Å². The number of carbonyl (C=O) groups is 1. The normalized spacial score (nSPS) is 24.7. The number of carbonyl (C=O) groups excluding carboxylic acids is 1. The van der Waals surface area contributed by atoms with E-state index in [2.05, 4.69) is 0 Å². The van der Waals surface area contributed by atoms with Crippen LogP contribution in [0, 0.1) is 0 Å². The van der Waals surface area contributed by atoms with E-state index in [0.717, 1.165) is 11.7 Å². The molecular formula is C11H15N2O3PS. The molecule has 1 fully saturated rings. The van der Waals surface area contributed by atoms with Crippen molar-refractivity contribution >= 4 is 29.4 Å². The van der Waals surface area contributed by atoms with Crippen LogP contribution < -0.4 is 10.8 Å². The highest BCUT2D eigenvalue weighted by Gasteiger charge is 2.33. The van der Waals surface area contributed by atoms with Gasteiger partial charge in [0.15, 0.2) is 6.42 Å². The number of nitrogens with zero attached hydrogens (tertiary/aromatic N) is 1. The highest BCUT2D eigenvalue weighted by atomic mass is 32.4. The summed E-state index contributed by atoms with van der Waals surface area (Å²) >= 11 is 5.66. The van der Waals surface area contributed by atoms with E-state index in [1.54, 1.807) is 5.48 Å². The van der Waals surface area contributed by atoms with Crippen LogP contribution in [0.25, 0.3) is 0 Å². The molecule has 98 valence electrons. The van der Waals surface area contributed by atoms with Crippen molar-refractivity contribution in [3.8, 4) is 0 Å². The Balaban J connectivity index is 2.27. The summed E-state index contributed by atoms with van der Waals surface area (Å²) in [6.45, 7) is 1.38. The number of hydrogen-bond donors (Lipinski definition) is 2. The summed E-state index contributed by atoms with van der Waals surface area (Å²) in [5.41, 5.74) is 1.64. The zero-order valence-corrected chi connectivity index (χ0v) is 11.5. The second-order valence-corrected chi connectivity index (χ2v) is 7.83. The molecule has 1 atom stereocenters. The Bertz CT molecular complexity index is 469. The zero-order valence-electron chi connectivity index (χ0n) is 9.78. The summed E-state index contributed by atoms with van der Waals surface area (Å²) in [7, 11) is 0. The minimum absolute atomic E-state index is 0.0582. The van der Waals surface area contributed by atoms with Gasteiger partial charge in [0, 0.05) is 11.8 Å². The lowest BCUT2D eigenvalue weighted by Gasteiger charge is -2.37. The smallest absolute Gasteiger partial charge is 0.257 e. The summed E-state index contributed by atoms with van der Waals surface area (Å²) < 4.78 is 7.65. The topological polar surface area (TPSA) is 61.8 Å². The molecule has 1 unspecified atom stereocenters. The number of amides is 1. The highest BCUT2D eigenvalue weighted by Crippen LogP contribution is 2.52. The molecule has 0 saturated carbocycles. The predicted octanol–water partition coefficient (Wildman–Crippen LogP) is 0.849. The van der Waals surface area contributed by atoms with Gasteiger partial charge in [-0.1, -0.05) is 30.3 Å². The Hall–Kier alpha value is -0.780. The molecule has 1 aliphatic heterocycles. The molecule has 7 heteroatoms. The first kappa shape index (κ1) is 13.6. The van der Waals surface area contributed by atoms with E-state index in [1.807, 2.05) is 35.0 Å². The maximum Gasteiger partial charge on any atom is 0.257 e. The van der Waals surface area contributed by atoms with Crippen molar-refractivity contribution in [1.29, 1.82) is 0 Å². The molecular weight excluding hydrogens is 271 g/mol. The summed E-state index contributed by atoms with van der Waals surface area (Å²) in [4.78, 5) is 11.3. The molecule has 1 aliphatic rings. The number of hydroxylamine groups is 1. The third kappa shape index (κ3) is 2.79. The van der Waals surface area contributed by atoms with Crippen molar-refractivity contribution in [2.24, 2.45) is 0 Å². The van der Waals surface area contributed by atoms with E-state index >= 15 is 0 Å². The number of benzene rings is 1. The van der Waals surface area contributed by atoms with Crippen molar-refractivity contribution in [2.45, 2.75) is 6.42 Å². The predicted molar refractivity (Wildman–Crippen MR) is 72.4 cm³/mol. The lowest BCUT2D eigenvalue weighted by molar-refractivity contribution is -0.129. The van der Waals surface area contributed by atoms with Gasteiger partial charge in [-0.3, -0.25) is 10.0 Å². The lowest BCUT2D eigenvalue weighted by Crippen LogP contribution is -2.39. The third-order valence-electron chi connectivity index (χ3n) is 2.73. The molecule has 0 aliphatic carbocycles. The average molecular weight is 286 g/mol. The summed E-state index contributed by atoms with van der Waals surface area (Å²) in [5, 5.41) is 9.55. The molecule has 0 bridgehead atoms. The van der Waals surface area contributed by atoms with Crippen LogP contribution in [0.1, 0.15) is 6.42 Å². The molecule has 2 rings (SSSR count). The minimum atomic E-state index is -2.35. The fourth-order valence-electron chi connectivity index (χ4n) is 1.88. The largest absolute Gasteiger partial charge is 0.335 e. The van der Waals surface area contributed by atoms with Gasteiger partial charge in [0.1, 0.15) is 0 Å². The molecule has 1 heterocycles. The van der Waals surface area contributed by atoms with Crippen LogP contribution in [-0.4, -0.2) is 35.5 Å². The van der Waals surface area contributed by atoms with E-state index in [9.17, 15) is 4.79 Å². The fourth-order valence-corrected chi connectivity index (χ4v) is 5.17. The molecule has 5 nitrogen and oxygen atoms in total. The van der Waals surface area contributed by atoms with Crippen LogP contribution >= 0.6 is 6.42 Å². The van der Waals surface area contributed by atoms with Gasteiger partial charge in [0.25, 0.3) is 5.91 Å². The molecule has 1 aromatic rings. The number of nitrogens with one attached hydrogen (secondary N) is 1. The Morgan fingerprint density at radius 1 is 1.50 bits per heavy atom. The molecule has 1 saturated heterocycles. The van der Waals surface area contributed by atoms with E-state index in [-0.39, 0.29) is 6.54 Å². The molecule has 0 radical (unpaired) electrons. The van der Waals surface area contributed by atoms with Crippen molar-refractivity contribution in [1.82, 2.24) is 10.2 Å². The third-order valence-corrected chi connectivity index (χ3v) is 6.94. The van der Waals surface area contributed by atoms with E-state index in [0.29, 0.717) is 13.2 Å². The first-order valence-electron chi connectivity index (χ1n) is 5.65. The van der Waals surface area contributed by atoms with Crippen LogP contribution in [0.15, 0.2) is 30.3 Å². The quantitative estimate of drug-likeness (QED) is 0.490. The van der Waals surface area contributed by atoms with Crippen LogP contribution in [0.5, 0.6) is 0 Å². The second kappa shape index (κ2) is 5.91. The Labute approximate surface area is 111 Å². The van der Waals surface area contributed by atoms with Gasteiger partial charge in [-0.15, -0.1) is 0 Å². The monoisotopic (exact) mass is 286 g/mol. The van der Waals surface area contributed by atoms with Crippen molar-refractivity contribution in [3.05, 3.63) is 30.3 Å².